The molecule has 0 unspecified atom stereocenters. The topological polar surface area (TPSA) is 39.2 Å². The van der Waals surface area contributed by atoms with Crippen LogP contribution >= 0.6 is 0 Å². The van der Waals surface area contributed by atoms with Gasteiger partial charge in [-0.25, -0.2) is 0 Å². The second-order valence-corrected chi connectivity index (χ2v) is 4.31. The Morgan fingerprint density at radius 1 is 1.22 bits per heavy atom. The normalized spacial score (nSPS) is 12.9. The molecule has 3 heteroatoms. The van der Waals surface area contributed by atoms with E-state index in [1.807, 2.05) is 36.4 Å². The van der Waals surface area contributed by atoms with Gasteiger partial charge in [0.15, 0.2) is 5.78 Å². The summed E-state index contributed by atoms with van der Waals surface area (Å²) in [5.74, 6) is 0.825. The molecule has 18 heavy (non-hydrogen) atoms. The Balaban J connectivity index is 1.88. The second kappa shape index (κ2) is 4.61. The number of benzene rings is 1. The zero-order valence-electron chi connectivity index (χ0n) is 9.93. The third-order valence-corrected chi connectivity index (χ3v) is 3.08. The molecule has 2 heterocycles. The van der Waals surface area contributed by atoms with E-state index >= 15 is 0 Å². The number of ether oxygens (including phenoxy) is 1. The standard InChI is InChI=1S/C15H13NO2/c17-14(10-12-5-1-2-8-16-12)13-6-3-4-11-7-9-18-15(11)13/h1-6,8H,7,9-10H2. The zero-order valence-corrected chi connectivity index (χ0v) is 9.93. The highest BCUT2D eigenvalue weighted by Crippen LogP contribution is 2.30. The van der Waals surface area contributed by atoms with Gasteiger partial charge in [0, 0.05) is 18.3 Å². The predicted molar refractivity (Wildman–Crippen MR) is 67.9 cm³/mol. The molecule has 1 aliphatic heterocycles. The fourth-order valence-corrected chi connectivity index (χ4v) is 2.20. The van der Waals surface area contributed by atoms with Gasteiger partial charge in [0.25, 0.3) is 0 Å². The van der Waals surface area contributed by atoms with E-state index in [2.05, 4.69) is 4.98 Å². The van der Waals surface area contributed by atoms with Crippen LogP contribution in [-0.2, 0) is 12.8 Å². The van der Waals surface area contributed by atoms with Crippen LogP contribution in [0.2, 0.25) is 0 Å². The molecule has 0 amide bonds. The maximum absolute atomic E-state index is 12.3. The summed E-state index contributed by atoms with van der Waals surface area (Å²) in [4.78, 5) is 16.4. The Bertz CT molecular complexity index is 578. The van der Waals surface area contributed by atoms with E-state index in [-0.39, 0.29) is 5.78 Å². The van der Waals surface area contributed by atoms with E-state index < -0.39 is 0 Å². The van der Waals surface area contributed by atoms with Crippen LogP contribution in [0.25, 0.3) is 0 Å². The molecular weight excluding hydrogens is 226 g/mol. The van der Waals surface area contributed by atoms with Gasteiger partial charge in [0.2, 0.25) is 0 Å². The summed E-state index contributed by atoms with van der Waals surface area (Å²) in [6.45, 7) is 0.670. The predicted octanol–water partition coefficient (Wildman–Crippen LogP) is 2.44. The molecule has 0 saturated carbocycles. The Kier molecular flexibility index (Phi) is 2.81. The van der Waals surface area contributed by atoms with Crippen molar-refractivity contribution in [1.29, 1.82) is 0 Å². The molecule has 0 saturated heterocycles. The van der Waals surface area contributed by atoms with Crippen molar-refractivity contribution in [3.63, 3.8) is 0 Å². The summed E-state index contributed by atoms with van der Waals surface area (Å²) < 4.78 is 5.55. The largest absolute Gasteiger partial charge is 0.492 e. The van der Waals surface area contributed by atoms with Gasteiger partial charge in [-0.15, -0.1) is 0 Å². The number of pyridine rings is 1. The lowest BCUT2D eigenvalue weighted by atomic mass is 10.0. The maximum Gasteiger partial charge on any atom is 0.172 e. The molecule has 2 aromatic rings. The van der Waals surface area contributed by atoms with Crippen molar-refractivity contribution in [2.24, 2.45) is 0 Å². The maximum atomic E-state index is 12.3. The number of hydrogen-bond acceptors (Lipinski definition) is 3. The van der Waals surface area contributed by atoms with Crippen molar-refractivity contribution in [2.75, 3.05) is 6.61 Å². The van der Waals surface area contributed by atoms with Gasteiger partial charge in [-0.2, -0.15) is 0 Å². The minimum atomic E-state index is 0.0625. The van der Waals surface area contributed by atoms with Gasteiger partial charge in [0.05, 0.1) is 18.6 Å². The zero-order chi connectivity index (χ0) is 12.4. The van der Waals surface area contributed by atoms with Crippen molar-refractivity contribution >= 4 is 5.78 Å². The van der Waals surface area contributed by atoms with Crippen LogP contribution in [0.4, 0.5) is 0 Å². The van der Waals surface area contributed by atoms with Crippen LogP contribution in [0.1, 0.15) is 21.6 Å². The molecule has 0 N–H and O–H groups in total. The van der Waals surface area contributed by atoms with Gasteiger partial charge >= 0.3 is 0 Å². The number of fused-ring (bicyclic) bond motifs is 1. The van der Waals surface area contributed by atoms with Crippen LogP contribution in [0.15, 0.2) is 42.6 Å². The number of ketones is 1. The molecule has 0 radical (unpaired) electrons. The highest BCUT2D eigenvalue weighted by Gasteiger charge is 2.20. The molecule has 1 aromatic heterocycles. The first-order valence-corrected chi connectivity index (χ1v) is 6.02. The minimum absolute atomic E-state index is 0.0625. The van der Waals surface area contributed by atoms with E-state index in [1.165, 1.54) is 0 Å². The lowest BCUT2D eigenvalue weighted by Crippen LogP contribution is -2.06. The average Bonchev–Trinajstić information content (AvgIpc) is 2.87. The molecule has 0 fully saturated rings. The van der Waals surface area contributed by atoms with E-state index in [9.17, 15) is 4.79 Å². The van der Waals surface area contributed by atoms with Crippen LogP contribution in [0.3, 0.4) is 0 Å². The van der Waals surface area contributed by atoms with Crippen LogP contribution in [0, 0.1) is 0 Å². The Hall–Kier alpha value is -2.16. The van der Waals surface area contributed by atoms with Crippen LogP contribution < -0.4 is 4.74 Å². The van der Waals surface area contributed by atoms with Gasteiger partial charge in [-0.05, 0) is 23.8 Å². The van der Waals surface area contributed by atoms with E-state index in [1.54, 1.807) is 6.20 Å². The number of nitrogens with zero attached hydrogens (tertiary/aromatic N) is 1. The summed E-state index contributed by atoms with van der Waals surface area (Å²) in [6, 6.07) is 11.4. The highest BCUT2D eigenvalue weighted by molar-refractivity contribution is 6.00. The molecular formula is C15H13NO2. The fraction of sp³-hybridized carbons (Fsp3) is 0.200. The number of carbonyl (C=O) groups excluding carboxylic acids is 1. The van der Waals surface area contributed by atoms with Gasteiger partial charge in [-0.1, -0.05) is 18.2 Å². The van der Waals surface area contributed by atoms with Crippen molar-refractivity contribution < 1.29 is 9.53 Å². The summed E-state index contributed by atoms with van der Waals surface area (Å²) in [6.07, 6.45) is 2.91. The molecule has 0 atom stereocenters. The molecule has 0 aliphatic carbocycles. The average molecular weight is 239 g/mol. The van der Waals surface area contributed by atoms with Crippen LogP contribution in [0.5, 0.6) is 5.75 Å². The van der Waals surface area contributed by atoms with Crippen molar-refractivity contribution in [1.82, 2.24) is 4.98 Å². The quantitative estimate of drug-likeness (QED) is 0.772. The SMILES string of the molecule is O=C(Cc1ccccn1)c1cccc2c1OCC2. The van der Waals surface area contributed by atoms with Gasteiger partial charge in [0.1, 0.15) is 5.75 Å². The summed E-state index contributed by atoms with van der Waals surface area (Å²) in [5.41, 5.74) is 2.59. The first-order chi connectivity index (χ1) is 8.84. The molecule has 0 bridgehead atoms. The van der Waals surface area contributed by atoms with Crippen molar-refractivity contribution in [3.05, 3.63) is 59.4 Å². The summed E-state index contributed by atoms with van der Waals surface area (Å²) in [5, 5.41) is 0. The molecule has 3 rings (SSSR count). The van der Waals surface area contributed by atoms with E-state index in [0.717, 1.165) is 23.4 Å². The Morgan fingerprint density at radius 3 is 3.00 bits per heavy atom. The molecule has 0 spiro atoms. The smallest absolute Gasteiger partial charge is 0.172 e. The number of para-hydroxylation sites is 1. The Morgan fingerprint density at radius 2 is 2.17 bits per heavy atom. The van der Waals surface area contributed by atoms with Crippen molar-refractivity contribution in [2.45, 2.75) is 12.8 Å². The third-order valence-electron chi connectivity index (χ3n) is 3.08. The lowest BCUT2D eigenvalue weighted by molar-refractivity contribution is 0.0989. The lowest BCUT2D eigenvalue weighted by Gasteiger charge is -2.06. The van der Waals surface area contributed by atoms with E-state index in [4.69, 9.17) is 4.74 Å². The van der Waals surface area contributed by atoms with Gasteiger partial charge < -0.3 is 4.74 Å². The minimum Gasteiger partial charge on any atom is -0.492 e. The monoisotopic (exact) mass is 239 g/mol. The van der Waals surface area contributed by atoms with Crippen molar-refractivity contribution in [3.8, 4) is 5.75 Å². The number of hydrogen-bond donors (Lipinski definition) is 0. The fourth-order valence-electron chi connectivity index (χ4n) is 2.20. The van der Waals surface area contributed by atoms with E-state index in [0.29, 0.717) is 18.6 Å². The molecule has 1 aromatic carbocycles. The number of aromatic nitrogens is 1. The molecule has 90 valence electrons. The second-order valence-electron chi connectivity index (χ2n) is 4.31. The molecule has 3 nitrogen and oxygen atoms in total. The highest BCUT2D eigenvalue weighted by atomic mass is 16.5. The summed E-state index contributed by atoms with van der Waals surface area (Å²) >= 11 is 0. The van der Waals surface area contributed by atoms with Crippen LogP contribution in [-0.4, -0.2) is 17.4 Å². The number of rotatable bonds is 3. The van der Waals surface area contributed by atoms with Gasteiger partial charge in [-0.3, -0.25) is 9.78 Å². The number of carbonyl (C=O) groups is 1. The first kappa shape index (κ1) is 11.0. The Labute approximate surface area is 105 Å². The summed E-state index contributed by atoms with van der Waals surface area (Å²) in [7, 11) is 0. The first-order valence-electron chi connectivity index (χ1n) is 6.02. The molecule has 1 aliphatic rings. The third kappa shape index (κ3) is 1.99. The number of Topliss-reactive ketones (excluding diaryl/α,β-unsaturated/α-hetero) is 1.